The summed E-state index contributed by atoms with van der Waals surface area (Å²) in [5.74, 6) is -0.476. The number of hydrogen-bond acceptors (Lipinski definition) is 1. The summed E-state index contributed by atoms with van der Waals surface area (Å²) in [7, 11) is 0. The van der Waals surface area contributed by atoms with Crippen molar-refractivity contribution in [2.24, 2.45) is 0 Å². The Morgan fingerprint density at radius 2 is 1.90 bits per heavy atom. The number of Topliss-reactive ketones (excluding diaryl/α,β-unsaturated/α-hetero) is 1. The van der Waals surface area contributed by atoms with E-state index in [1.165, 1.54) is 23.6 Å². The number of carbonyl (C=O) groups excluding carboxylic acids is 1. The first-order chi connectivity index (χ1) is 10.1. The molecule has 0 radical (unpaired) electrons. The summed E-state index contributed by atoms with van der Waals surface area (Å²) in [6.07, 6.45) is 3.86. The topological polar surface area (TPSA) is 17.1 Å². The summed E-state index contributed by atoms with van der Waals surface area (Å²) >= 11 is 5.74. The molecule has 0 unspecified atom stereocenters. The van der Waals surface area contributed by atoms with Crippen LogP contribution in [0, 0.1) is 5.82 Å². The smallest absolute Gasteiger partial charge is 0.145 e. The number of rotatable bonds is 4. The second-order valence-corrected chi connectivity index (χ2v) is 5.97. The molecule has 3 rings (SSSR count). The van der Waals surface area contributed by atoms with Crippen LogP contribution in [0.5, 0.6) is 0 Å². The van der Waals surface area contributed by atoms with Gasteiger partial charge in [-0.15, -0.1) is 0 Å². The fourth-order valence-electron chi connectivity index (χ4n) is 2.92. The molecule has 0 aromatic heterocycles. The van der Waals surface area contributed by atoms with Crippen LogP contribution in [0.3, 0.4) is 0 Å². The van der Waals surface area contributed by atoms with Crippen LogP contribution < -0.4 is 0 Å². The molecule has 0 N–H and O–H groups in total. The number of benzene rings is 2. The van der Waals surface area contributed by atoms with Gasteiger partial charge in [0.25, 0.3) is 0 Å². The molecule has 0 fully saturated rings. The molecule has 1 aliphatic carbocycles. The molecule has 3 heteroatoms. The van der Waals surface area contributed by atoms with Crippen molar-refractivity contribution in [2.75, 3.05) is 0 Å². The zero-order valence-electron chi connectivity index (χ0n) is 11.7. The van der Waals surface area contributed by atoms with Gasteiger partial charge < -0.3 is 0 Å². The van der Waals surface area contributed by atoms with Crippen LogP contribution >= 0.6 is 11.6 Å². The van der Waals surface area contributed by atoms with Crippen LogP contribution in [-0.4, -0.2) is 5.78 Å². The van der Waals surface area contributed by atoms with Crippen LogP contribution in [0.25, 0.3) is 0 Å². The Bertz CT molecular complexity index is 694. The lowest BCUT2D eigenvalue weighted by Crippen LogP contribution is -2.08. The molecule has 108 valence electrons. The summed E-state index contributed by atoms with van der Waals surface area (Å²) in [5, 5.41) is 0.0674. The molecule has 0 amide bonds. The largest absolute Gasteiger partial charge is 0.299 e. The molecule has 0 atom stereocenters. The molecule has 2 aromatic carbocycles. The molecule has 0 saturated heterocycles. The van der Waals surface area contributed by atoms with E-state index in [0.717, 1.165) is 18.4 Å². The summed E-state index contributed by atoms with van der Waals surface area (Å²) in [6, 6.07) is 11.0. The van der Waals surface area contributed by atoms with E-state index in [1.807, 2.05) is 6.07 Å². The van der Waals surface area contributed by atoms with E-state index in [2.05, 4.69) is 12.1 Å². The highest BCUT2D eigenvalue weighted by atomic mass is 35.5. The van der Waals surface area contributed by atoms with Gasteiger partial charge >= 0.3 is 0 Å². The average Bonchev–Trinajstić information content (AvgIpc) is 2.91. The van der Waals surface area contributed by atoms with Gasteiger partial charge in [-0.1, -0.05) is 41.9 Å². The molecule has 1 aliphatic rings. The third-order valence-corrected chi connectivity index (χ3v) is 4.28. The van der Waals surface area contributed by atoms with Crippen LogP contribution in [0.15, 0.2) is 36.4 Å². The maximum atomic E-state index is 13.8. The van der Waals surface area contributed by atoms with Crippen molar-refractivity contribution < 1.29 is 9.18 Å². The second-order valence-electron chi connectivity index (χ2n) is 5.56. The molecule has 0 heterocycles. The Hall–Kier alpha value is -1.67. The summed E-state index contributed by atoms with van der Waals surface area (Å²) in [6.45, 7) is 0. The van der Waals surface area contributed by atoms with E-state index in [0.29, 0.717) is 12.0 Å². The molecule has 0 saturated carbocycles. The highest BCUT2D eigenvalue weighted by Crippen LogP contribution is 2.23. The molecule has 1 nitrogen and oxygen atoms in total. The Morgan fingerprint density at radius 3 is 2.76 bits per heavy atom. The Labute approximate surface area is 128 Å². The zero-order chi connectivity index (χ0) is 14.8. The number of aryl methyl sites for hydroxylation is 2. The number of halogens is 2. The molecule has 2 aromatic rings. The van der Waals surface area contributed by atoms with Crippen molar-refractivity contribution in [2.45, 2.75) is 32.1 Å². The lowest BCUT2D eigenvalue weighted by molar-refractivity contribution is -0.117. The normalized spacial score (nSPS) is 13.2. The van der Waals surface area contributed by atoms with Crippen molar-refractivity contribution >= 4 is 17.4 Å². The summed E-state index contributed by atoms with van der Waals surface area (Å²) < 4.78 is 13.8. The Balaban J connectivity index is 1.70. The lowest BCUT2D eigenvalue weighted by atomic mass is 9.99. The van der Waals surface area contributed by atoms with E-state index in [4.69, 9.17) is 11.6 Å². The standard InChI is InChI=1S/C18H16ClFO/c19-17-6-2-5-15(18(17)20)11-16(21)10-12-7-8-13-3-1-4-14(13)9-12/h2,5-9H,1,3-4,10-11H2. The fraction of sp³-hybridized carbons (Fsp3) is 0.278. The minimum Gasteiger partial charge on any atom is -0.299 e. The summed E-state index contributed by atoms with van der Waals surface area (Å²) in [5.41, 5.74) is 4.14. The maximum absolute atomic E-state index is 13.8. The van der Waals surface area contributed by atoms with Gasteiger partial charge in [0.2, 0.25) is 0 Å². The van der Waals surface area contributed by atoms with E-state index in [9.17, 15) is 9.18 Å². The lowest BCUT2D eigenvalue weighted by Gasteiger charge is -2.06. The summed E-state index contributed by atoms with van der Waals surface area (Å²) in [4.78, 5) is 12.1. The Morgan fingerprint density at radius 1 is 1.10 bits per heavy atom. The van der Waals surface area contributed by atoms with Gasteiger partial charge in [0.05, 0.1) is 5.02 Å². The van der Waals surface area contributed by atoms with Gasteiger partial charge in [-0.2, -0.15) is 0 Å². The van der Waals surface area contributed by atoms with Crippen molar-refractivity contribution in [3.8, 4) is 0 Å². The highest BCUT2D eigenvalue weighted by molar-refractivity contribution is 6.30. The fourth-order valence-corrected chi connectivity index (χ4v) is 3.12. The minimum absolute atomic E-state index is 0.00844. The van der Waals surface area contributed by atoms with Gasteiger partial charge in [0.1, 0.15) is 11.6 Å². The zero-order valence-corrected chi connectivity index (χ0v) is 12.4. The van der Waals surface area contributed by atoms with Gasteiger partial charge in [0.15, 0.2) is 0 Å². The molecule has 21 heavy (non-hydrogen) atoms. The first-order valence-corrected chi connectivity index (χ1v) is 7.56. The third kappa shape index (κ3) is 3.16. The predicted molar refractivity (Wildman–Crippen MR) is 82.3 cm³/mol. The number of fused-ring (bicyclic) bond motifs is 1. The first kappa shape index (κ1) is 14.3. The van der Waals surface area contributed by atoms with E-state index in [1.54, 1.807) is 12.1 Å². The monoisotopic (exact) mass is 302 g/mol. The number of ketones is 1. The first-order valence-electron chi connectivity index (χ1n) is 7.19. The van der Waals surface area contributed by atoms with Gasteiger partial charge in [0, 0.05) is 12.8 Å². The SMILES string of the molecule is O=C(Cc1ccc2c(c1)CCC2)Cc1cccc(Cl)c1F. The van der Waals surface area contributed by atoms with Crippen molar-refractivity contribution in [1.82, 2.24) is 0 Å². The molecule has 0 spiro atoms. The van der Waals surface area contributed by atoms with Crippen LogP contribution in [0.4, 0.5) is 4.39 Å². The second kappa shape index (κ2) is 5.98. The van der Waals surface area contributed by atoms with Crippen molar-refractivity contribution in [3.05, 3.63) is 69.5 Å². The maximum Gasteiger partial charge on any atom is 0.145 e. The van der Waals surface area contributed by atoms with E-state index >= 15 is 0 Å². The van der Waals surface area contributed by atoms with Crippen LogP contribution in [0.1, 0.15) is 28.7 Å². The van der Waals surface area contributed by atoms with Gasteiger partial charge in [-0.05, 0) is 47.6 Å². The molecule has 0 bridgehead atoms. The van der Waals surface area contributed by atoms with Gasteiger partial charge in [-0.25, -0.2) is 4.39 Å². The quantitative estimate of drug-likeness (QED) is 0.822. The average molecular weight is 303 g/mol. The van der Waals surface area contributed by atoms with Gasteiger partial charge in [-0.3, -0.25) is 4.79 Å². The Kier molecular flexibility index (Phi) is 4.07. The van der Waals surface area contributed by atoms with Crippen molar-refractivity contribution in [1.29, 1.82) is 0 Å². The predicted octanol–water partition coefficient (Wildman–Crippen LogP) is 4.32. The minimum atomic E-state index is -0.485. The third-order valence-electron chi connectivity index (χ3n) is 3.98. The van der Waals surface area contributed by atoms with E-state index in [-0.39, 0.29) is 17.2 Å². The number of hydrogen-bond donors (Lipinski definition) is 0. The highest BCUT2D eigenvalue weighted by Gasteiger charge is 2.14. The van der Waals surface area contributed by atoms with Crippen molar-refractivity contribution in [3.63, 3.8) is 0 Å². The molecular formula is C18H16ClFO. The number of carbonyl (C=O) groups is 1. The van der Waals surface area contributed by atoms with Crippen LogP contribution in [0.2, 0.25) is 5.02 Å². The molecular weight excluding hydrogens is 287 g/mol. The molecule has 0 aliphatic heterocycles. The van der Waals surface area contributed by atoms with Crippen LogP contribution in [-0.2, 0) is 30.5 Å². The van der Waals surface area contributed by atoms with E-state index < -0.39 is 5.82 Å².